The summed E-state index contributed by atoms with van der Waals surface area (Å²) in [5.41, 5.74) is 1.08. The first-order valence-electron chi connectivity index (χ1n) is 6.59. The molecule has 0 spiro atoms. The van der Waals surface area contributed by atoms with Crippen LogP contribution in [0.3, 0.4) is 0 Å². The molecule has 0 aliphatic carbocycles. The van der Waals surface area contributed by atoms with Gasteiger partial charge in [0.1, 0.15) is 5.82 Å². The van der Waals surface area contributed by atoms with E-state index in [9.17, 15) is 0 Å². The minimum Gasteiger partial charge on any atom is -0.370 e. The minimum absolute atomic E-state index is 0.671. The van der Waals surface area contributed by atoms with Crippen molar-refractivity contribution in [2.75, 3.05) is 23.7 Å². The molecule has 19 heavy (non-hydrogen) atoms. The van der Waals surface area contributed by atoms with Crippen LogP contribution in [-0.2, 0) is 6.42 Å². The second-order valence-corrected chi connectivity index (χ2v) is 4.19. The summed E-state index contributed by atoms with van der Waals surface area (Å²) in [6, 6.07) is 7.82. The van der Waals surface area contributed by atoms with Crippen molar-refractivity contribution in [3.05, 3.63) is 42.4 Å². The van der Waals surface area contributed by atoms with Gasteiger partial charge in [-0.3, -0.25) is 4.98 Å². The Labute approximate surface area is 113 Å². The Morgan fingerprint density at radius 1 is 1.00 bits per heavy atom. The molecule has 0 bridgehead atoms. The van der Waals surface area contributed by atoms with E-state index in [1.54, 1.807) is 6.20 Å². The van der Waals surface area contributed by atoms with Gasteiger partial charge in [0.25, 0.3) is 0 Å². The molecule has 5 nitrogen and oxygen atoms in total. The molecule has 0 aliphatic rings. The Bertz CT molecular complexity index is 486. The van der Waals surface area contributed by atoms with Crippen LogP contribution in [0.25, 0.3) is 0 Å². The van der Waals surface area contributed by atoms with Crippen LogP contribution >= 0.6 is 0 Å². The Hall–Kier alpha value is -2.17. The maximum absolute atomic E-state index is 4.39. The standard InChI is InChI=1S/C14H19N5/c1-2-8-17-14-18-11-7-13(19-14)16-10-6-12-5-3-4-9-15-12/h3-5,7,9,11H,2,6,8,10H2,1H3,(H2,16,17,18,19). The average Bonchev–Trinajstić information content (AvgIpc) is 2.47. The maximum atomic E-state index is 4.39. The summed E-state index contributed by atoms with van der Waals surface area (Å²) < 4.78 is 0. The lowest BCUT2D eigenvalue weighted by Crippen LogP contribution is -2.09. The molecule has 0 amide bonds. The average molecular weight is 257 g/mol. The van der Waals surface area contributed by atoms with Gasteiger partial charge in [0, 0.05) is 37.6 Å². The van der Waals surface area contributed by atoms with Crippen LogP contribution in [0.15, 0.2) is 36.7 Å². The van der Waals surface area contributed by atoms with Crippen LogP contribution in [0.2, 0.25) is 0 Å². The van der Waals surface area contributed by atoms with E-state index in [2.05, 4.69) is 32.5 Å². The van der Waals surface area contributed by atoms with E-state index in [1.165, 1.54) is 0 Å². The molecule has 0 fully saturated rings. The summed E-state index contributed by atoms with van der Waals surface area (Å²) >= 11 is 0. The summed E-state index contributed by atoms with van der Waals surface area (Å²) in [6.45, 7) is 3.81. The number of pyridine rings is 1. The highest BCUT2D eigenvalue weighted by Crippen LogP contribution is 2.06. The summed E-state index contributed by atoms with van der Waals surface area (Å²) in [7, 11) is 0. The molecule has 0 saturated heterocycles. The molecule has 0 radical (unpaired) electrons. The van der Waals surface area contributed by atoms with Gasteiger partial charge in [-0.1, -0.05) is 13.0 Å². The van der Waals surface area contributed by atoms with Gasteiger partial charge < -0.3 is 10.6 Å². The third-order valence-electron chi connectivity index (χ3n) is 2.60. The normalized spacial score (nSPS) is 10.2. The van der Waals surface area contributed by atoms with Gasteiger partial charge in [0.05, 0.1) is 0 Å². The zero-order chi connectivity index (χ0) is 13.3. The van der Waals surface area contributed by atoms with Gasteiger partial charge in [0.2, 0.25) is 5.95 Å². The topological polar surface area (TPSA) is 62.7 Å². The number of anilines is 2. The zero-order valence-corrected chi connectivity index (χ0v) is 11.1. The molecule has 0 saturated carbocycles. The number of rotatable bonds is 7. The predicted octanol–water partition coefficient (Wildman–Crippen LogP) is 2.35. The van der Waals surface area contributed by atoms with E-state index in [0.29, 0.717) is 5.95 Å². The Morgan fingerprint density at radius 3 is 2.74 bits per heavy atom. The third-order valence-corrected chi connectivity index (χ3v) is 2.60. The van der Waals surface area contributed by atoms with E-state index >= 15 is 0 Å². The molecule has 0 unspecified atom stereocenters. The van der Waals surface area contributed by atoms with E-state index in [-0.39, 0.29) is 0 Å². The Kier molecular flexibility index (Phi) is 5.10. The van der Waals surface area contributed by atoms with Crippen LogP contribution in [0.1, 0.15) is 19.0 Å². The molecule has 2 heterocycles. The summed E-state index contributed by atoms with van der Waals surface area (Å²) in [5.74, 6) is 1.51. The van der Waals surface area contributed by atoms with E-state index in [0.717, 1.165) is 37.4 Å². The number of nitrogens with zero attached hydrogens (tertiary/aromatic N) is 3. The monoisotopic (exact) mass is 257 g/mol. The first-order valence-corrected chi connectivity index (χ1v) is 6.59. The molecule has 0 aliphatic heterocycles. The van der Waals surface area contributed by atoms with Gasteiger partial charge in [-0.05, 0) is 24.6 Å². The maximum Gasteiger partial charge on any atom is 0.224 e. The van der Waals surface area contributed by atoms with Gasteiger partial charge in [-0.15, -0.1) is 0 Å². The van der Waals surface area contributed by atoms with E-state index < -0.39 is 0 Å². The van der Waals surface area contributed by atoms with Crippen LogP contribution in [0, 0.1) is 0 Å². The fraction of sp³-hybridized carbons (Fsp3) is 0.357. The van der Waals surface area contributed by atoms with Crippen LogP contribution in [-0.4, -0.2) is 28.0 Å². The molecule has 2 rings (SSSR count). The molecule has 5 heteroatoms. The number of nitrogens with one attached hydrogen (secondary N) is 2. The second kappa shape index (κ2) is 7.31. The molecule has 2 aromatic heterocycles. The van der Waals surface area contributed by atoms with Crippen molar-refractivity contribution < 1.29 is 0 Å². The molecular weight excluding hydrogens is 238 g/mol. The highest BCUT2D eigenvalue weighted by Gasteiger charge is 1.98. The van der Waals surface area contributed by atoms with E-state index in [1.807, 2.05) is 30.5 Å². The quantitative estimate of drug-likeness (QED) is 0.797. The van der Waals surface area contributed by atoms with Crippen LogP contribution in [0.4, 0.5) is 11.8 Å². The van der Waals surface area contributed by atoms with Crippen molar-refractivity contribution in [1.82, 2.24) is 15.0 Å². The van der Waals surface area contributed by atoms with Gasteiger partial charge in [-0.2, -0.15) is 4.98 Å². The Morgan fingerprint density at radius 2 is 1.95 bits per heavy atom. The van der Waals surface area contributed by atoms with E-state index in [4.69, 9.17) is 0 Å². The molecular formula is C14H19N5. The van der Waals surface area contributed by atoms with Crippen molar-refractivity contribution in [3.8, 4) is 0 Å². The number of hydrogen-bond donors (Lipinski definition) is 2. The molecule has 100 valence electrons. The van der Waals surface area contributed by atoms with Gasteiger partial charge in [-0.25, -0.2) is 4.98 Å². The smallest absolute Gasteiger partial charge is 0.224 e. The molecule has 0 atom stereocenters. The molecule has 2 aromatic rings. The fourth-order valence-electron chi connectivity index (χ4n) is 1.64. The summed E-state index contributed by atoms with van der Waals surface area (Å²) in [5, 5.41) is 6.45. The van der Waals surface area contributed by atoms with Gasteiger partial charge in [0.15, 0.2) is 0 Å². The number of aromatic nitrogens is 3. The van der Waals surface area contributed by atoms with Crippen molar-refractivity contribution in [2.45, 2.75) is 19.8 Å². The lowest BCUT2D eigenvalue weighted by atomic mass is 10.3. The molecule has 2 N–H and O–H groups in total. The predicted molar refractivity (Wildman–Crippen MR) is 77.2 cm³/mol. The third kappa shape index (κ3) is 4.54. The zero-order valence-electron chi connectivity index (χ0n) is 11.1. The summed E-state index contributed by atoms with van der Waals surface area (Å²) in [6.07, 6.45) is 5.50. The lowest BCUT2D eigenvalue weighted by Gasteiger charge is -2.07. The lowest BCUT2D eigenvalue weighted by molar-refractivity contribution is 0.936. The molecule has 0 aromatic carbocycles. The van der Waals surface area contributed by atoms with Crippen LogP contribution < -0.4 is 10.6 Å². The van der Waals surface area contributed by atoms with Crippen molar-refractivity contribution in [3.63, 3.8) is 0 Å². The first-order chi connectivity index (χ1) is 9.38. The fourth-order valence-corrected chi connectivity index (χ4v) is 1.64. The summed E-state index contributed by atoms with van der Waals surface area (Å²) in [4.78, 5) is 12.8. The van der Waals surface area contributed by atoms with Crippen molar-refractivity contribution in [1.29, 1.82) is 0 Å². The van der Waals surface area contributed by atoms with Gasteiger partial charge >= 0.3 is 0 Å². The Balaban J connectivity index is 1.82. The highest BCUT2D eigenvalue weighted by molar-refractivity contribution is 5.39. The largest absolute Gasteiger partial charge is 0.370 e. The van der Waals surface area contributed by atoms with Crippen LogP contribution in [0.5, 0.6) is 0 Å². The number of hydrogen-bond acceptors (Lipinski definition) is 5. The highest BCUT2D eigenvalue weighted by atomic mass is 15.1. The first kappa shape index (κ1) is 13.3. The minimum atomic E-state index is 0.671. The van der Waals surface area contributed by atoms with Crippen molar-refractivity contribution in [2.24, 2.45) is 0 Å². The SMILES string of the molecule is CCCNc1nccc(NCCc2ccccn2)n1. The van der Waals surface area contributed by atoms with Crippen molar-refractivity contribution >= 4 is 11.8 Å². The second-order valence-electron chi connectivity index (χ2n) is 4.19.